The molecule has 8 heteroatoms. The predicted molar refractivity (Wildman–Crippen MR) is 171 cm³/mol. The normalized spacial score (nSPS) is 22.7. The lowest BCUT2D eigenvalue weighted by Crippen LogP contribution is -2.38. The maximum atomic E-state index is 10.7. The van der Waals surface area contributed by atoms with Crippen molar-refractivity contribution in [1.29, 1.82) is 0 Å². The number of piperidine rings is 1. The molecule has 0 aliphatic carbocycles. The van der Waals surface area contributed by atoms with Gasteiger partial charge in [-0.25, -0.2) is 0 Å². The third-order valence-electron chi connectivity index (χ3n) is 8.43. The first-order valence-corrected chi connectivity index (χ1v) is 15.0. The molecule has 6 rings (SSSR count). The molecule has 0 radical (unpaired) electrons. The Bertz CT molecular complexity index is 1580. The van der Waals surface area contributed by atoms with Gasteiger partial charge in [0.25, 0.3) is 0 Å². The molecule has 0 amide bonds. The van der Waals surface area contributed by atoms with E-state index in [1.165, 1.54) is 6.42 Å². The smallest absolute Gasteiger partial charge is 0.174 e. The van der Waals surface area contributed by atoms with Crippen LogP contribution in [0.15, 0.2) is 72.9 Å². The Labute approximate surface area is 252 Å². The van der Waals surface area contributed by atoms with Crippen molar-refractivity contribution in [3.05, 3.63) is 101 Å². The highest BCUT2D eigenvalue weighted by atomic mass is 35.5. The van der Waals surface area contributed by atoms with Gasteiger partial charge in [-0.15, -0.1) is 0 Å². The Morgan fingerprint density at radius 2 is 1.68 bits per heavy atom. The summed E-state index contributed by atoms with van der Waals surface area (Å²) < 4.78 is 2.11. The van der Waals surface area contributed by atoms with Crippen molar-refractivity contribution in [2.45, 2.75) is 46.2 Å². The van der Waals surface area contributed by atoms with Crippen molar-refractivity contribution in [3.8, 4) is 11.4 Å². The van der Waals surface area contributed by atoms with E-state index in [9.17, 15) is 5.11 Å². The Morgan fingerprint density at radius 1 is 0.951 bits per heavy atom. The standard InChI is InChI=1S/C33H36ClN5OS/c1-20-15-21(2)19-37(18-20)28-13-12-24(17-26(28)34)39-32(31(36-33(39)41)27-9-7-8-14-35-27)25-16-22(3)38(23(25)4)29-10-5-6-11-30(29)40/h5-14,16-17,20-21,31-32,40H,15,18-19H2,1-4H3,(H,36,41)/t20-,21+,31-,32+/m1/s1. The van der Waals surface area contributed by atoms with E-state index >= 15 is 0 Å². The van der Waals surface area contributed by atoms with Crippen LogP contribution in [0.5, 0.6) is 5.75 Å². The van der Waals surface area contributed by atoms with Gasteiger partial charge in [-0.2, -0.15) is 0 Å². The van der Waals surface area contributed by atoms with Crippen LogP contribution in [-0.4, -0.2) is 32.9 Å². The van der Waals surface area contributed by atoms with Crippen LogP contribution < -0.4 is 15.1 Å². The fraction of sp³-hybridized carbons (Fsp3) is 0.333. The quantitative estimate of drug-likeness (QED) is 0.236. The third kappa shape index (κ3) is 5.06. The number of nitrogens with zero attached hydrogens (tertiary/aromatic N) is 4. The van der Waals surface area contributed by atoms with Crippen LogP contribution in [0.4, 0.5) is 11.4 Å². The van der Waals surface area contributed by atoms with Gasteiger partial charge in [0.2, 0.25) is 0 Å². The molecule has 41 heavy (non-hydrogen) atoms. The highest BCUT2D eigenvalue weighted by Gasteiger charge is 2.42. The Morgan fingerprint density at radius 3 is 2.37 bits per heavy atom. The topological polar surface area (TPSA) is 56.6 Å². The van der Waals surface area contributed by atoms with E-state index in [0.29, 0.717) is 16.9 Å². The summed E-state index contributed by atoms with van der Waals surface area (Å²) >= 11 is 13.0. The number of aromatic hydroxyl groups is 1. The van der Waals surface area contributed by atoms with Gasteiger partial charge >= 0.3 is 0 Å². The number of rotatable bonds is 5. The molecule has 212 valence electrons. The number of aryl methyl sites for hydroxylation is 1. The van der Waals surface area contributed by atoms with Crippen LogP contribution >= 0.6 is 23.8 Å². The molecule has 2 aliphatic heterocycles. The lowest BCUT2D eigenvalue weighted by atomic mass is 9.91. The molecule has 0 unspecified atom stereocenters. The van der Waals surface area contributed by atoms with Gasteiger partial charge in [0.15, 0.2) is 5.11 Å². The largest absolute Gasteiger partial charge is 0.506 e. The van der Waals surface area contributed by atoms with Crippen LogP contribution in [-0.2, 0) is 0 Å². The molecular weight excluding hydrogens is 550 g/mol. The number of nitrogens with one attached hydrogen (secondary N) is 1. The Hall–Kier alpha value is -3.55. The summed E-state index contributed by atoms with van der Waals surface area (Å²) in [7, 11) is 0. The van der Waals surface area contributed by atoms with Crippen LogP contribution in [0, 0.1) is 25.7 Å². The monoisotopic (exact) mass is 585 g/mol. The zero-order valence-electron chi connectivity index (χ0n) is 23.9. The van der Waals surface area contributed by atoms with E-state index in [2.05, 4.69) is 65.6 Å². The van der Waals surface area contributed by atoms with Crippen LogP contribution in [0.3, 0.4) is 0 Å². The number of halogens is 1. The summed E-state index contributed by atoms with van der Waals surface area (Å²) in [5.41, 5.74) is 6.83. The lowest BCUT2D eigenvalue weighted by Gasteiger charge is -2.37. The summed E-state index contributed by atoms with van der Waals surface area (Å²) in [6.07, 6.45) is 3.06. The average molecular weight is 586 g/mol. The maximum Gasteiger partial charge on any atom is 0.174 e. The number of benzene rings is 2. The second-order valence-electron chi connectivity index (χ2n) is 11.6. The summed E-state index contributed by atoms with van der Waals surface area (Å²) in [4.78, 5) is 9.29. The SMILES string of the molecule is Cc1cc([C@H]2[C@@H](c3ccccn3)NC(=S)N2c2ccc(N3C[C@H](C)C[C@H](C)C3)c(Cl)c2)c(C)n1-c1ccccc1O. The van der Waals surface area contributed by atoms with Crippen molar-refractivity contribution in [1.82, 2.24) is 14.9 Å². The van der Waals surface area contributed by atoms with Crippen molar-refractivity contribution in [2.24, 2.45) is 11.8 Å². The number of anilines is 2. The number of pyridine rings is 1. The molecule has 2 saturated heterocycles. The molecule has 0 bridgehead atoms. The third-order valence-corrected chi connectivity index (χ3v) is 9.05. The van der Waals surface area contributed by atoms with E-state index in [-0.39, 0.29) is 17.8 Å². The van der Waals surface area contributed by atoms with Gasteiger partial charge in [0, 0.05) is 36.4 Å². The molecule has 2 aliphatic rings. The van der Waals surface area contributed by atoms with Gasteiger partial charge < -0.3 is 24.8 Å². The summed E-state index contributed by atoms with van der Waals surface area (Å²) in [5, 5.41) is 15.6. The first-order valence-electron chi connectivity index (χ1n) is 14.2. The zero-order valence-corrected chi connectivity index (χ0v) is 25.5. The predicted octanol–water partition coefficient (Wildman–Crippen LogP) is 7.51. The minimum absolute atomic E-state index is 0.177. The van der Waals surface area contributed by atoms with E-state index in [0.717, 1.165) is 57.8 Å². The molecule has 0 saturated carbocycles. The van der Waals surface area contributed by atoms with Crippen molar-refractivity contribution in [3.63, 3.8) is 0 Å². The van der Waals surface area contributed by atoms with Crippen LogP contribution in [0.25, 0.3) is 5.69 Å². The minimum atomic E-state index is -0.180. The van der Waals surface area contributed by atoms with Gasteiger partial charge in [-0.05, 0) is 98.4 Å². The summed E-state index contributed by atoms with van der Waals surface area (Å²) in [5.74, 6) is 1.50. The fourth-order valence-corrected chi connectivity index (χ4v) is 7.46. The molecular formula is C33H36ClN5OS. The number of phenolic OH excluding ortho intramolecular Hbond substituents is 1. The molecule has 4 aromatic rings. The fourth-order valence-electron chi connectivity index (χ4n) is 6.82. The molecule has 2 aromatic carbocycles. The second kappa shape index (κ2) is 11.0. The first kappa shape index (κ1) is 27.6. The van der Waals surface area contributed by atoms with Crippen molar-refractivity contribution < 1.29 is 5.11 Å². The highest BCUT2D eigenvalue weighted by molar-refractivity contribution is 7.80. The van der Waals surface area contributed by atoms with Crippen molar-refractivity contribution >= 4 is 40.3 Å². The number of phenols is 1. The molecule has 2 aromatic heterocycles. The van der Waals surface area contributed by atoms with E-state index in [1.54, 1.807) is 6.07 Å². The first-order chi connectivity index (χ1) is 19.7. The number of hydrogen-bond acceptors (Lipinski definition) is 4. The molecule has 6 nitrogen and oxygen atoms in total. The number of aromatic nitrogens is 2. The molecule has 0 spiro atoms. The summed E-state index contributed by atoms with van der Waals surface area (Å²) in [6, 6.07) is 21.6. The Kier molecular flexibility index (Phi) is 7.43. The number of thiocarbonyl (C=S) groups is 1. The number of hydrogen-bond donors (Lipinski definition) is 2. The molecule has 4 atom stereocenters. The van der Waals surface area contributed by atoms with Crippen LogP contribution in [0.2, 0.25) is 5.02 Å². The second-order valence-corrected chi connectivity index (χ2v) is 12.4. The average Bonchev–Trinajstić information content (AvgIpc) is 3.43. The van der Waals surface area contributed by atoms with E-state index in [1.807, 2.05) is 48.7 Å². The maximum absolute atomic E-state index is 10.7. The Balaban J connectivity index is 1.45. The van der Waals surface area contributed by atoms with Gasteiger partial charge in [-0.3, -0.25) is 4.98 Å². The zero-order chi connectivity index (χ0) is 28.8. The number of para-hydroxylation sites is 2. The van der Waals surface area contributed by atoms with Crippen LogP contribution in [0.1, 0.15) is 55.0 Å². The summed E-state index contributed by atoms with van der Waals surface area (Å²) in [6.45, 7) is 10.8. The van der Waals surface area contributed by atoms with E-state index in [4.69, 9.17) is 28.8 Å². The van der Waals surface area contributed by atoms with Gasteiger partial charge in [0.05, 0.1) is 34.2 Å². The molecule has 2 fully saturated rings. The van der Waals surface area contributed by atoms with E-state index < -0.39 is 0 Å². The van der Waals surface area contributed by atoms with Gasteiger partial charge in [-0.1, -0.05) is 43.6 Å². The highest BCUT2D eigenvalue weighted by Crippen LogP contribution is 2.45. The minimum Gasteiger partial charge on any atom is -0.506 e. The van der Waals surface area contributed by atoms with Gasteiger partial charge in [0.1, 0.15) is 5.75 Å². The molecule has 4 heterocycles. The lowest BCUT2D eigenvalue weighted by molar-refractivity contribution is 0.357. The molecule has 2 N–H and O–H groups in total. The van der Waals surface area contributed by atoms with Crippen molar-refractivity contribution in [2.75, 3.05) is 22.9 Å².